The van der Waals surface area contributed by atoms with Gasteiger partial charge in [0.05, 0.1) is 5.56 Å². The number of anilines is 1. The number of piperidine rings is 1. The van der Waals surface area contributed by atoms with Crippen molar-refractivity contribution in [3.63, 3.8) is 0 Å². The zero-order valence-corrected chi connectivity index (χ0v) is 19.6. The van der Waals surface area contributed by atoms with Gasteiger partial charge in [-0.1, -0.05) is 39.0 Å². The standard InChI is InChI=1S/C24H37N3O3S/c1-2-15-31-24-20(23(30)25-13-12-18-7-4-3-5-8-18)10-11-21(26-24)27-14-6-9-19(17-27)16-22(28)29/h10-11,18-19H,2-9,12-17H2,1H3,(H,25,30)(H,28,29)/t19-/m0/s1. The summed E-state index contributed by atoms with van der Waals surface area (Å²) in [5.41, 5.74) is 0.657. The molecule has 0 radical (unpaired) electrons. The molecule has 172 valence electrons. The number of amides is 1. The van der Waals surface area contributed by atoms with Crippen molar-refractivity contribution in [1.29, 1.82) is 0 Å². The molecule has 2 fully saturated rings. The largest absolute Gasteiger partial charge is 0.481 e. The molecule has 2 heterocycles. The number of hydrogen-bond donors (Lipinski definition) is 2. The number of hydrogen-bond acceptors (Lipinski definition) is 5. The minimum absolute atomic E-state index is 0.0316. The number of thioether (sulfide) groups is 1. The fourth-order valence-electron chi connectivity index (χ4n) is 4.74. The Morgan fingerprint density at radius 2 is 1.94 bits per heavy atom. The van der Waals surface area contributed by atoms with Crippen LogP contribution in [-0.4, -0.2) is 47.4 Å². The quantitative estimate of drug-likeness (QED) is 0.493. The zero-order valence-electron chi connectivity index (χ0n) is 18.8. The Balaban J connectivity index is 1.64. The molecule has 3 rings (SSSR count). The number of rotatable bonds is 10. The number of pyridine rings is 1. The molecule has 1 aromatic rings. The van der Waals surface area contributed by atoms with Gasteiger partial charge in [0.15, 0.2) is 0 Å². The summed E-state index contributed by atoms with van der Waals surface area (Å²) in [6.45, 7) is 4.45. The van der Waals surface area contributed by atoms with Gasteiger partial charge in [-0.2, -0.15) is 0 Å². The Bertz CT molecular complexity index is 737. The van der Waals surface area contributed by atoms with Gasteiger partial charge in [0.2, 0.25) is 0 Å². The molecule has 6 nitrogen and oxygen atoms in total. The molecule has 7 heteroatoms. The van der Waals surface area contributed by atoms with Crippen molar-refractivity contribution in [3.05, 3.63) is 17.7 Å². The summed E-state index contributed by atoms with van der Waals surface area (Å²) < 4.78 is 0. The number of aliphatic carboxylic acids is 1. The van der Waals surface area contributed by atoms with Crippen molar-refractivity contribution in [2.45, 2.75) is 76.2 Å². The van der Waals surface area contributed by atoms with E-state index in [1.54, 1.807) is 11.8 Å². The third kappa shape index (κ3) is 7.41. The summed E-state index contributed by atoms with van der Waals surface area (Å²) in [6.07, 6.45) is 10.8. The highest BCUT2D eigenvalue weighted by Gasteiger charge is 2.24. The van der Waals surface area contributed by atoms with Crippen molar-refractivity contribution in [3.8, 4) is 0 Å². The third-order valence-electron chi connectivity index (χ3n) is 6.40. The van der Waals surface area contributed by atoms with E-state index in [1.807, 2.05) is 12.1 Å². The topological polar surface area (TPSA) is 82.5 Å². The number of carbonyl (C=O) groups excluding carboxylic acids is 1. The Hall–Kier alpha value is -1.76. The maximum atomic E-state index is 12.9. The minimum atomic E-state index is -0.737. The lowest BCUT2D eigenvalue weighted by atomic mass is 9.87. The van der Waals surface area contributed by atoms with Crippen LogP contribution in [0.15, 0.2) is 17.2 Å². The summed E-state index contributed by atoms with van der Waals surface area (Å²) in [4.78, 5) is 31.0. The summed E-state index contributed by atoms with van der Waals surface area (Å²) in [6, 6.07) is 3.83. The van der Waals surface area contributed by atoms with Crippen molar-refractivity contribution < 1.29 is 14.7 Å². The summed E-state index contributed by atoms with van der Waals surface area (Å²) >= 11 is 1.63. The Morgan fingerprint density at radius 1 is 1.16 bits per heavy atom. The number of carbonyl (C=O) groups is 2. The van der Waals surface area contributed by atoms with Crippen LogP contribution in [0.3, 0.4) is 0 Å². The number of nitrogens with one attached hydrogen (secondary N) is 1. The number of aromatic nitrogens is 1. The summed E-state index contributed by atoms with van der Waals surface area (Å²) in [7, 11) is 0. The number of carboxylic acid groups (broad SMARTS) is 1. The maximum Gasteiger partial charge on any atom is 0.303 e. The number of nitrogens with zero attached hydrogens (tertiary/aromatic N) is 2. The molecule has 0 spiro atoms. The van der Waals surface area contributed by atoms with E-state index in [9.17, 15) is 9.59 Å². The molecule has 1 aliphatic carbocycles. The van der Waals surface area contributed by atoms with Crippen molar-refractivity contribution in [1.82, 2.24) is 10.3 Å². The van der Waals surface area contributed by atoms with E-state index in [-0.39, 0.29) is 18.2 Å². The molecule has 0 unspecified atom stereocenters. The van der Waals surface area contributed by atoms with Gasteiger partial charge in [-0.3, -0.25) is 9.59 Å². The smallest absolute Gasteiger partial charge is 0.303 e. The van der Waals surface area contributed by atoms with E-state index in [2.05, 4.69) is 17.1 Å². The second kappa shape index (κ2) is 12.3. The van der Waals surface area contributed by atoms with Gasteiger partial charge in [0, 0.05) is 26.1 Å². The molecule has 2 aliphatic rings. The molecule has 1 amide bonds. The zero-order chi connectivity index (χ0) is 22.1. The van der Waals surface area contributed by atoms with Gasteiger partial charge in [0.1, 0.15) is 10.8 Å². The highest BCUT2D eigenvalue weighted by molar-refractivity contribution is 7.99. The van der Waals surface area contributed by atoms with Crippen LogP contribution in [0.25, 0.3) is 0 Å². The van der Waals surface area contributed by atoms with Crippen LogP contribution in [0.4, 0.5) is 5.82 Å². The van der Waals surface area contributed by atoms with E-state index in [0.29, 0.717) is 12.1 Å². The van der Waals surface area contributed by atoms with Crippen LogP contribution >= 0.6 is 11.8 Å². The highest BCUT2D eigenvalue weighted by atomic mass is 32.2. The fraction of sp³-hybridized carbons (Fsp3) is 0.708. The van der Waals surface area contributed by atoms with E-state index in [0.717, 1.165) is 61.3 Å². The van der Waals surface area contributed by atoms with E-state index < -0.39 is 5.97 Å². The van der Waals surface area contributed by atoms with Gasteiger partial charge in [-0.05, 0) is 55.4 Å². The lowest BCUT2D eigenvalue weighted by Crippen LogP contribution is -2.37. The summed E-state index contributed by atoms with van der Waals surface area (Å²) in [5, 5.41) is 13.0. The van der Waals surface area contributed by atoms with Crippen LogP contribution in [0.2, 0.25) is 0 Å². The first-order valence-electron chi connectivity index (χ1n) is 12.0. The first kappa shape index (κ1) is 23.9. The first-order chi connectivity index (χ1) is 15.1. The molecule has 0 aromatic carbocycles. The highest BCUT2D eigenvalue weighted by Crippen LogP contribution is 2.29. The molecule has 2 N–H and O–H groups in total. The second-order valence-electron chi connectivity index (χ2n) is 8.97. The average Bonchev–Trinajstić information content (AvgIpc) is 2.78. The maximum absolute atomic E-state index is 12.9. The molecule has 0 bridgehead atoms. The molecular weight excluding hydrogens is 410 g/mol. The lowest BCUT2D eigenvalue weighted by molar-refractivity contribution is -0.138. The fourth-order valence-corrected chi connectivity index (χ4v) is 5.61. The number of carboxylic acids is 1. The van der Waals surface area contributed by atoms with E-state index in [1.165, 1.54) is 32.1 Å². The van der Waals surface area contributed by atoms with Gasteiger partial charge < -0.3 is 15.3 Å². The molecule has 31 heavy (non-hydrogen) atoms. The Labute approximate surface area is 190 Å². The second-order valence-corrected chi connectivity index (χ2v) is 10.1. The van der Waals surface area contributed by atoms with Crippen LogP contribution in [0.1, 0.15) is 81.5 Å². The van der Waals surface area contributed by atoms with Gasteiger partial charge >= 0.3 is 5.97 Å². The van der Waals surface area contributed by atoms with Crippen LogP contribution in [0.5, 0.6) is 0 Å². The van der Waals surface area contributed by atoms with Crippen molar-refractivity contribution >= 4 is 29.5 Å². The summed E-state index contributed by atoms with van der Waals surface area (Å²) in [5.74, 6) is 1.91. The predicted molar refractivity (Wildman–Crippen MR) is 126 cm³/mol. The molecular formula is C24H37N3O3S. The molecule has 1 aromatic heterocycles. The molecule has 1 aliphatic heterocycles. The molecule has 1 saturated heterocycles. The monoisotopic (exact) mass is 447 g/mol. The van der Waals surface area contributed by atoms with Gasteiger partial charge in [-0.15, -0.1) is 11.8 Å². The van der Waals surface area contributed by atoms with E-state index in [4.69, 9.17) is 10.1 Å². The Morgan fingerprint density at radius 3 is 2.68 bits per heavy atom. The minimum Gasteiger partial charge on any atom is -0.481 e. The van der Waals surface area contributed by atoms with Crippen LogP contribution in [-0.2, 0) is 4.79 Å². The molecule has 1 atom stereocenters. The normalized spacial score (nSPS) is 19.9. The third-order valence-corrected chi connectivity index (χ3v) is 7.60. The lowest BCUT2D eigenvalue weighted by Gasteiger charge is -2.33. The van der Waals surface area contributed by atoms with Gasteiger partial charge in [0.25, 0.3) is 5.91 Å². The predicted octanol–water partition coefficient (Wildman–Crippen LogP) is 4.98. The van der Waals surface area contributed by atoms with Crippen LogP contribution in [0, 0.1) is 11.8 Å². The SMILES string of the molecule is CCCSc1nc(N2CCC[C@@H](CC(=O)O)C2)ccc1C(=O)NCCC1CCCCC1. The Kier molecular flexibility index (Phi) is 9.50. The average molecular weight is 448 g/mol. The van der Waals surface area contributed by atoms with E-state index >= 15 is 0 Å². The van der Waals surface area contributed by atoms with Crippen molar-refractivity contribution in [2.24, 2.45) is 11.8 Å². The molecule has 1 saturated carbocycles. The van der Waals surface area contributed by atoms with Gasteiger partial charge in [-0.25, -0.2) is 4.98 Å². The first-order valence-corrected chi connectivity index (χ1v) is 12.9. The van der Waals surface area contributed by atoms with Crippen molar-refractivity contribution in [2.75, 3.05) is 30.3 Å². The van der Waals surface area contributed by atoms with Crippen LogP contribution < -0.4 is 10.2 Å².